The number of sulfone groups is 1. The Morgan fingerprint density at radius 1 is 1.45 bits per heavy atom. The van der Waals surface area contributed by atoms with E-state index in [-0.39, 0.29) is 11.8 Å². The summed E-state index contributed by atoms with van der Waals surface area (Å²) < 4.78 is 27.6. The van der Waals surface area contributed by atoms with Crippen molar-refractivity contribution in [3.8, 4) is 5.75 Å². The SMILES string of the molecule is COc1ccc(C(CN)N(C)CCS(C)(=O)=O)cc1Cl. The lowest BCUT2D eigenvalue weighted by Gasteiger charge is -2.27. The molecule has 1 aromatic carbocycles. The molecule has 20 heavy (non-hydrogen) atoms. The molecule has 0 radical (unpaired) electrons. The summed E-state index contributed by atoms with van der Waals surface area (Å²) in [7, 11) is 0.413. The van der Waals surface area contributed by atoms with Crippen LogP contribution >= 0.6 is 11.6 Å². The fourth-order valence-electron chi connectivity index (χ4n) is 1.93. The molecule has 0 amide bonds. The number of hydrogen-bond acceptors (Lipinski definition) is 5. The number of methoxy groups -OCH3 is 1. The van der Waals surface area contributed by atoms with E-state index in [4.69, 9.17) is 22.1 Å². The molecular weight excluding hydrogens is 300 g/mol. The monoisotopic (exact) mass is 320 g/mol. The predicted octanol–water partition coefficient (Wildman–Crippen LogP) is 1.32. The average molecular weight is 321 g/mol. The van der Waals surface area contributed by atoms with Gasteiger partial charge in [-0.05, 0) is 24.7 Å². The molecule has 0 aliphatic carbocycles. The van der Waals surface area contributed by atoms with Crippen LogP contribution in [0.15, 0.2) is 18.2 Å². The number of benzene rings is 1. The first kappa shape index (κ1) is 17.2. The van der Waals surface area contributed by atoms with E-state index >= 15 is 0 Å². The van der Waals surface area contributed by atoms with Gasteiger partial charge in [0, 0.05) is 25.4 Å². The average Bonchev–Trinajstić information content (AvgIpc) is 2.36. The molecule has 0 bridgehead atoms. The number of likely N-dealkylation sites (N-methyl/N-ethyl adjacent to an activating group) is 1. The van der Waals surface area contributed by atoms with Crippen LogP contribution in [0.5, 0.6) is 5.75 Å². The molecule has 0 spiro atoms. The fourth-order valence-corrected chi connectivity index (χ4v) is 2.81. The summed E-state index contributed by atoms with van der Waals surface area (Å²) in [5.41, 5.74) is 6.74. The van der Waals surface area contributed by atoms with Gasteiger partial charge in [0.25, 0.3) is 0 Å². The smallest absolute Gasteiger partial charge is 0.148 e. The van der Waals surface area contributed by atoms with Crippen molar-refractivity contribution in [2.75, 3.05) is 39.3 Å². The van der Waals surface area contributed by atoms with Gasteiger partial charge in [0.05, 0.1) is 17.9 Å². The first-order valence-corrected chi connectivity index (χ1v) is 8.63. The zero-order valence-corrected chi connectivity index (χ0v) is 13.5. The van der Waals surface area contributed by atoms with E-state index in [0.717, 1.165) is 5.56 Å². The largest absolute Gasteiger partial charge is 0.495 e. The summed E-state index contributed by atoms with van der Waals surface area (Å²) in [5.74, 6) is 0.703. The van der Waals surface area contributed by atoms with Crippen molar-refractivity contribution in [2.45, 2.75) is 6.04 Å². The first-order valence-electron chi connectivity index (χ1n) is 6.20. The second-order valence-corrected chi connectivity index (χ2v) is 7.42. The van der Waals surface area contributed by atoms with Crippen molar-refractivity contribution in [3.63, 3.8) is 0 Å². The maximum absolute atomic E-state index is 11.2. The van der Waals surface area contributed by atoms with Crippen LogP contribution in [0, 0.1) is 0 Å². The Bertz CT molecular complexity index is 549. The van der Waals surface area contributed by atoms with Crippen LogP contribution in [0.2, 0.25) is 5.02 Å². The molecule has 1 rings (SSSR count). The fraction of sp³-hybridized carbons (Fsp3) is 0.538. The second-order valence-electron chi connectivity index (χ2n) is 4.76. The quantitative estimate of drug-likeness (QED) is 0.820. The van der Waals surface area contributed by atoms with Gasteiger partial charge in [-0.2, -0.15) is 0 Å². The Labute approximate surface area is 125 Å². The van der Waals surface area contributed by atoms with Gasteiger partial charge >= 0.3 is 0 Å². The van der Waals surface area contributed by atoms with Gasteiger partial charge in [0.1, 0.15) is 15.6 Å². The minimum absolute atomic E-state index is 0.0832. The van der Waals surface area contributed by atoms with Crippen molar-refractivity contribution in [1.29, 1.82) is 0 Å². The maximum atomic E-state index is 11.2. The molecule has 1 unspecified atom stereocenters. The molecule has 0 aromatic heterocycles. The lowest BCUT2D eigenvalue weighted by Crippen LogP contribution is -2.34. The van der Waals surface area contributed by atoms with Crippen LogP contribution in [-0.4, -0.2) is 52.6 Å². The molecule has 114 valence electrons. The number of ether oxygens (including phenoxy) is 1. The Balaban J connectivity index is 2.87. The van der Waals surface area contributed by atoms with Crippen LogP contribution in [0.4, 0.5) is 0 Å². The Morgan fingerprint density at radius 3 is 2.55 bits per heavy atom. The van der Waals surface area contributed by atoms with Gasteiger partial charge in [-0.25, -0.2) is 8.42 Å². The molecule has 0 saturated heterocycles. The van der Waals surface area contributed by atoms with Crippen molar-refractivity contribution in [3.05, 3.63) is 28.8 Å². The van der Waals surface area contributed by atoms with Crippen LogP contribution in [-0.2, 0) is 9.84 Å². The lowest BCUT2D eigenvalue weighted by atomic mass is 10.1. The highest BCUT2D eigenvalue weighted by molar-refractivity contribution is 7.90. The summed E-state index contributed by atoms with van der Waals surface area (Å²) in [6, 6.07) is 5.39. The number of nitrogens with zero attached hydrogens (tertiary/aromatic N) is 1. The Hall–Kier alpha value is -0.820. The molecule has 1 atom stereocenters. The maximum Gasteiger partial charge on any atom is 0.148 e. The van der Waals surface area contributed by atoms with Crippen LogP contribution in [0.1, 0.15) is 11.6 Å². The Morgan fingerprint density at radius 2 is 2.10 bits per heavy atom. The van der Waals surface area contributed by atoms with E-state index in [1.54, 1.807) is 19.2 Å². The van der Waals surface area contributed by atoms with E-state index < -0.39 is 9.84 Å². The van der Waals surface area contributed by atoms with Crippen molar-refractivity contribution >= 4 is 21.4 Å². The second kappa shape index (κ2) is 7.26. The summed E-state index contributed by atoms with van der Waals surface area (Å²) >= 11 is 6.10. The molecule has 0 heterocycles. The normalized spacial score (nSPS) is 13.5. The van der Waals surface area contributed by atoms with E-state index in [9.17, 15) is 8.42 Å². The summed E-state index contributed by atoms with van der Waals surface area (Å²) in [4.78, 5) is 1.92. The van der Waals surface area contributed by atoms with E-state index in [1.807, 2.05) is 18.0 Å². The summed E-state index contributed by atoms with van der Waals surface area (Å²) in [5, 5.41) is 0.514. The number of nitrogens with two attached hydrogens (primary N) is 1. The summed E-state index contributed by atoms with van der Waals surface area (Å²) in [6.07, 6.45) is 1.22. The first-order chi connectivity index (χ1) is 9.28. The molecular formula is C13H21ClN2O3S. The highest BCUT2D eigenvalue weighted by Gasteiger charge is 2.18. The van der Waals surface area contributed by atoms with Gasteiger partial charge in [-0.15, -0.1) is 0 Å². The molecule has 2 N–H and O–H groups in total. The van der Waals surface area contributed by atoms with Crippen LogP contribution in [0.25, 0.3) is 0 Å². The molecule has 0 aliphatic heterocycles. The standard InChI is InChI=1S/C13H21ClN2O3S/c1-16(6-7-20(3,17)18)12(9-15)10-4-5-13(19-2)11(14)8-10/h4-5,8,12H,6-7,9,15H2,1-3H3. The van der Waals surface area contributed by atoms with Crippen LogP contribution < -0.4 is 10.5 Å². The number of rotatable bonds is 7. The molecule has 0 fully saturated rings. The topological polar surface area (TPSA) is 72.6 Å². The summed E-state index contributed by atoms with van der Waals surface area (Å²) in [6.45, 7) is 0.799. The third-order valence-electron chi connectivity index (χ3n) is 3.13. The number of hydrogen-bond donors (Lipinski definition) is 1. The molecule has 1 aromatic rings. The van der Waals surface area contributed by atoms with E-state index in [1.165, 1.54) is 6.26 Å². The molecule has 5 nitrogen and oxygen atoms in total. The van der Waals surface area contributed by atoms with Crippen molar-refractivity contribution in [2.24, 2.45) is 5.73 Å². The Kier molecular flexibility index (Phi) is 6.26. The van der Waals surface area contributed by atoms with Gasteiger partial charge in [-0.3, -0.25) is 4.90 Å². The third-order valence-corrected chi connectivity index (χ3v) is 4.35. The zero-order chi connectivity index (χ0) is 15.3. The lowest BCUT2D eigenvalue weighted by molar-refractivity contribution is 0.264. The predicted molar refractivity (Wildman–Crippen MR) is 82.1 cm³/mol. The van der Waals surface area contributed by atoms with E-state index in [2.05, 4.69) is 0 Å². The highest BCUT2D eigenvalue weighted by Crippen LogP contribution is 2.29. The van der Waals surface area contributed by atoms with Gasteiger partial charge < -0.3 is 10.5 Å². The van der Waals surface area contributed by atoms with Gasteiger partial charge in [0.2, 0.25) is 0 Å². The van der Waals surface area contributed by atoms with Crippen LogP contribution in [0.3, 0.4) is 0 Å². The zero-order valence-electron chi connectivity index (χ0n) is 12.0. The molecule has 0 aliphatic rings. The highest BCUT2D eigenvalue weighted by atomic mass is 35.5. The minimum atomic E-state index is -2.99. The molecule has 7 heteroatoms. The minimum Gasteiger partial charge on any atom is -0.495 e. The number of halogens is 1. The third kappa shape index (κ3) is 4.94. The van der Waals surface area contributed by atoms with Crippen molar-refractivity contribution < 1.29 is 13.2 Å². The van der Waals surface area contributed by atoms with E-state index in [0.29, 0.717) is 23.9 Å². The van der Waals surface area contributed by atoms with Gasteiger partial charge in [-0.1, -0.05) is 17.7 Å². The van der Waals surface area contributed by atoms with Gasteiger partial charge in [0.15, 0.2) is 0 Å². The van der Waals surface area contributed by atoms with Crippen molar-refractivity contribution in [1.82, 2.24) is 4.90 Å². The molecule has 0 saturated carbocycles.